The molecule has 0 fully saturated rings. The molecular formula is C43H29N3OS. The van der Waals surface area contributed by atoms with Gasteiger partial charge in [-0.1, -0.05) is 103 Å². The van der Waals surface area contributed by atoms with E-state index in [1.165, 1.54) is 20.2 Å². The van der Waals surface area contributed by atoms with Crippen molar-refractivity contribution in [2.45, 2.75) is 6.54 Å². The van der Waals surface area contributed by atoms with Crippen LogP contribution in [0.1, 0.15) is 16.7 Å². The minimum absolute atomic E-state index is 0.423. The monoisotopic (exact) mass is 635 g/mol. The first-order chi connectivity index (χ1) is 23.7. The molecule has 0 atom stereocenters. The lowest BCUT2D eigenvalue weighted by Gasteiger charge is -2.09. The summed E-state index contributed by atoms with van der Waals surface area (Å²) in [5, 5.41) is 6.90. The van der Waals surface area contributed by atoms with Crippen LogP contribution in [0.2, 0.25) is 0 Å². The zero-order chi connectivity index (χ0) is 32.0. The maximum absolute atomic E-state index is 6.81. The highest BCUT2D eigenvalue weighted by molar-refractivity contribution is 7.25. The lowest BCUT2D eigenvalue weighted by Crippen LogP contribution is -2.16. The van der Waals surface area contributed by atoms with Gasteiger partial charge in [0, 0.05) is 42.1 Å². The Morgan fingerprint density at radius 2 is 1.33 bits per heavy atom. The molecule has 9 rings (SSSR count). The Hall–Kier alpha value is -6.04. The summed E-state index contributed by atoms with van der Waals surface area (Å²) in [6.07, 6.45) is 0. The number of para-hydroxylation sites is 1. The number of rotatable bonds is 5. The zero-order valence-electron chi connectivity index (χ0n) is 25.9. The van der Waals surface area contributed by atoms with E-state index >= 15 is 0 Å². The number of furan rings is 1. The molecule has 48 heavy (non-hydrogen) atoms. The number of aliphatic imine (C=N–C) groups is 2. The molecule has 0 radical (unpaired) electrons. The van der Waals surface area contributed by atoms with Crippen molar-refractivity contribution < 1.29 is 4.42 Å². The molecule has 4 nitrogen and oxygen atoms in total. The Labute approximate surface area is 281 Å². The highest BCUT2D eigenvalue weighted by Gasteiger charge is 2.14. The van der Waals surface area contributed by atoms with E-state index in [2.05, 4.69) is 109 Å². The second-order valence-electron chi connectivity index (χ2n) is 12.0. The standard InChI is InChI=1S/C43H29N3OS/c44-42(46-43(45-26-27-9-2-1-3-10-27)31-21-22-40-36(25-31)34-11-5-7-16-39(34)48-40)30-20-18-28-17-19-29(23-32(28)24-30)33-13-8-15-38-41(33)35-12-4-6-14-37(35)47-38/h1-25H,26H2,(H2,44,45,46). The van der Waals surface area contributed by atoms with Gasteiger partial charge < -0.3 is 10.2 Å². The second kappa shape index (κ2) is 11.6. The normalized spacial score (nSPS) is 12.6. The minimum atomic E-state index is 0.423. The Morgan fingerprint density at radius 3 is 2.25 bits per heavy atom. The van der Waals surface area contributed by atoms with Crippen LogP contribution in [0, 0.1) is 0 Å². The fourth-order valence-electron chi connectivity index (χ4n) is 6.57. The summed E-state index contributed by atoms with van der Waals surface area (Å²) >= 11 is 1.80. The first-order valence-corrected chi connectivity index (χ1v) is 16.8. The fraction of sp³-hybridized carbons (Fsp3) is 0.0233. The topological polar surface area (TPSA) is 63.9 Å². The van der Waals surface area contributed by atoms with Gasteiger partial charge in [-0.3, -0.25) is 4.99 Å². The number of amidine groups is 2. The van der Waals surface area contributed by atoms with Crippen molar-refractivity contribution >= 4 is 75.9 Å². The van der Waals surface area contributed by atoms with E-state index in [-0.39, 0.29) is 0 Å². The molecule has 2 heterocycles. The molecule has 0 spiro atoms. The predicted octanol–water partition coefficient (Wildman–Crippen LogP) is 11.1. The largest absolute Gasteiger partial charge is 0.456 e. The SMILES string of the molecule is NC(=NC(=NCc1ccccc1)c1ccc2sc3ccccc3c2c1)c1ccc2ccc(-c3cccc4oc5ccccc5c34)cc2c1. The van der Waals surface area contributed by atoms with E-state index in [0.29, 0.717) is 18.2 Å². The lowest BCUT2D eigenvalue weighted by molar-refractivity contribution is 0.669. The van der Waals surface area contributed by atoms with Crippen molar-refractivity contribution in [1.29, 1.82) is 0 Å². The third kappa shape index (κ3) is 5.02. The van der Waals surface area contributed by atoms with Gasteiger partial charge >= 0.3 is 0 Å². The van der Waals surface area contributed by atoms with Gasteiger partial charge in [0.15, 0.2) is 5.84 Å². The van der Waals surface area contributed by atoms with E-state index in [0.717, 1.165) is 60.5 Å². The number of hydrogen-bond donors (Lipinski definition) is 1. The molecule has 0 bridgehead atoms. The Balaban J connectivity index is 1.13. The van der Waals surface area contributed by atoms with Crippen LogP contribution >= 0.6 is 11.3 Å². The van der Waals surface area contributed by atoms with E-state index in [1.807, 2.05) is 42.5 Å². The average molecular weight is 636 g/mol. The number of nitrogens with two attached hydrogens (primary N) is 1. The van der Waals surface area contributed by atoms with Gasteiger partial charge in [-0.25, -0.2) is 4.99 Å². The van der Waals surface area contributed by atoms with Crippen LogP contribution in [0.25, 0.3) is 64.0 Å². The third-order valence-corrected chi connectivity index (χ3v) is 10.1. The van der Waals surface area contributed by atoms with Gasteiger partial charge in [0.25, 0.3) is 0 Å². The molecule has 0 saturated heterocycles. The van der Waals surface area contributed by atoms with Crippen molar-refractivity contribution in [2.75, 3.05) is 0 Å². The van der Waals surface area contributed by atoms with Gasteiger partial charge in [-0.05, 0) is 76.0 Å². The lowest BCUT2D eigenvalue weighted by atomic mass is 9.96. The van der Waals surface area contributed by atoms with Crippen molar-refractivity contribution in [3.05, 3.63) is 168 Å². The van der Waals surface area contributed by atoms with Crippen molar-refractivity contribution in [2.24, 2.45) is 15.7 Å². The van der Waals surface area contributed by atoms with E-state index in [4.69, 9.17) is 20.1 Å². The number of benzene rings is 7. The summed E-state index contributed by atoms with van der Waals surface area (Å²) in [6.45, 7) is 0.505. The van der Waals surface area contributed by atoms with Gasteiger partial charge in [0.1, 0.15) is 17.0 Å². The number of fused-ring (bicyclic) bond motifs is 7. The van der Waals surface area contributed by atoms with Crippen LogP contribution < -0.4 is 5.73 Å². The third-order valence-electron chi connectivity index (χ3n) is 8.97. The Morgan fingerprint density at radius 1 is 0.583 bits per heavy atom. The highest BCUT2D eigenvalue weighted by Crippen LogP contribution is 2.38. The van der Waals surface area contributed by atoms with Crippen LogP contribution in [0.4, 0.5) is 0 Å². The van der Waals surface area contributed by atoms with Crippen LogP contribution in [0.5, 0.6) is 0 Å². The summed E-state index contributed by atoms with van der Waals surface area (Å²) in [4.78, 5) is 10.0. The molecule has 7 aromatic carbocycles. The summed E-state index contributed by atoms with van der Waals surface area (Å²) in [7, 11) is 0. The summed E-state index contributed by atoms with van der Waals surface area (Å²) in [5.74, 6) is 1.04. The second-order valence-corrected chi connectivity index (χ2v) is 13.1. The summed E-state index contributed by atoms with van der Waals surface area (Å²) in [6, 6.07) is 52.5. The van der Waals surface area contributed by atoms with Crippen molar-refractivity contribution in [1.82, 2.24) is 0 Å². The molecule has 228 valence electrons. The molecular weight excluding hydrogens is 607 g/mol. The minimum Gasteiger partial charge on any atom is -0.456 e. The smallest absolute Gasteiger partial charge is 0.157 e. The van der Waals surface area contributed by atoms with Gasteiger partial charge in [-0.15, -0.1) is 11.3 Å². The Bertz CT molecular complexity index is 2720. The number of hydrogen-bond acceptors (Lipinski definition) is 3. The molecule has 5 heteroatoms. The van der Waals surface area contributed by atoms with Crippen LogP contribution in [-0.4, -0.2) is 11.7 Å². The van der Waals surface area contributed by atoms with Gasteiger partial charge in [0.05, 0.1) is 6.54 Å². The number of thiophene rings is 1. The van der Waals surface area contributed by atoms with E-state index in [9.17, 15) is 0 Å². The van der Waals surface area contributed by atoms with E-state index < -0.39 is 0 Å². The van der Waals surface area contributed by atoms with Crippen molar-refractivity contribution in [3.63, 3.8) is 0 Å². The van der Waals surface area contributed by atoms with Crippen LogP contribution in [0.3, 0.4) is 0 Å². The molecule has 0 aliphatic carbocycles. The molecule has 0 aliphatic rings. The molecule has 9 aromatic rings. The Kier molecular flexibility index (Phi) is 6.84. The highest BCUT2D eigenvalue weighted by atomic mass is 32.1. The molecule has 2 aromatic heterocycles. The zero-order valence-corrected chi connectivity index (χ0v) is 26.7. The van der Waals surface area contributed by atoms with E-state index in [1.54, 1.807) is 11.3 Å². The maximum atomic E-state index is 6.81. The number of nitrogens with zero attached hydrogens (tertiary/aromatic N) is 2. The first kappa shape index (κ1) is 28.2. The van der Waals surface area contributed by atoms with Crippen LogP contribution in [0.15, 0.2) is 166 Å². The quantitative estimate of drug-likeness (QED) is 0.151. The van der Waals surface area contributed by atoms with Gasteiger partial charge in [-0.2, -0.15) is 0 Å². The molecule has 0 amide bonds. The predicted molar refractivity (Wildman–Crippen MR) is 203 cm³/mol. The fourth-order valence-corrected chi connectivity index (χ4v) is 7.66. The molecule has 0 saturated carbocycles. The molecule has 2 N–H and O–H groups in total. The average Bonchev–Trinajstić information content (AvgIpc) is 3.71. The van der Waals surface area contributed by atoms with Gasteiger partial charge in [0.2, 0.25) is 0 Å². The van der Waals surface area contributed by atoms with Crippen LogP contribution in [-0.2, 0) is 6.54 Å². The van der Waals surface area contributed by atoms with Crippen molar-refractivity contribution in [3.8, 4) is 11.1 Å². The maximum Gasteiger partial charge on any atom is 0.157 e. The summed E-state index contributed by atoms with van der Waals surface area (Å²) in [5.41, 5.74) is 13.7. The molecule has 0 aliphatic heterocycles. The first-order valence-electron chi connectivity index (χ1n) is 16.0. The molecule has 0 unspecified atom stereocenters. The summed E-state index contributed by atoms with van der Waals surface area (Å²) < 4.78 is 8.68.